The van der Waals surface area contributed by atoms with Gasteiger partial charge in [-0.25, -0.2) is 0 Å². The third-order valence-electron chi connectivity index (χ3n) is 3.88. The molecule has 68 valence electrons. The van der Waals surface area contributed by atoms with Crippen LogP contribution in [0.4, 0.5) is 0 Å². The topological polar surface area (TPSA) is 9.23 Å². The van der Waals surface area contributed by atoms with E-state index in [1.54, 1.807) is 0 Å². The largest absolute Gasteiger partial charge is 0.375 e. The summed E-state index contributed by atoms with van der Waals surface area (Å²) >= 11 is 5.96. The van der Waals surface area contributed by atoms with Crippen molar-refractivity contribution in [3.8, 4) is 0 Å². The lowest BCUT2D eigenvalue weighted by atomic mass is 9.70. The highest BCUT2D eigenvalue weighted by Gasteiger charge is 2.57. The van der Waals surface area contributed by atoms with E-state index in [1.807, 2.05) is 0 Å². The van der Waals surface area contributed by atoms with E-state index in [0.29, 0.717) is 11.0 Å². The van der Waals surface area contributed by atoms with Gasteiger partial charge in [-0.3, -0.25) is 0 Å². The number of halogens is 1. The Hall–Kier alpha value is 0.250. The molecular formula is C10H15ClO. The summed E-state index contributed by atoms with van der Waals surface area (Å²) in [5.41, 5.74) is 0.799. The van der Waals surface area contributed by atoms with Gasteiger partial charge in [-0.05, 0) is 43.4 Å². The van der Waals surface area contributed by atoms with E-state index >= 15 is 0 Å². The van der Waals surface area contributed by atoms with Crippen LogP contribution in [0.25, 0.3) is 0 Å². The van der Waals surface area contributed by atoms with E-state index in [-0.39, 0.29) is 0 Å². The van der Waals surface area contributed by atoms with E-state index in [1.165, 1.54) is 32.1 Å². The Morgan fingerprint density at radius 1 is 1.33 bits per heavy atom. The zero-order valence-electron chi connectivity index (χ0n) is 7.31. The minimum atomic E-state index is 0.302. The molecule has 0 aromatic rings. The second kappa shape index (κ2) is 2.19. The molecule has 2 heterocycles. The number of hydrogen-bond donors (Lipinski definition) is 0. The monoisotopic (exact) mass is 186 g/mol. The van der Waals surface area contributed by atoms with Crippen LogP contribution in [0.2, 0.25) is 0 Å². The SMILES string of the molecule is ClCC1(CC23CC(CO2)C3)CC1. The fourth-order valence-electron chi connectivity index (χ4n) is 2.94. The highest BCUT2D eigenvalue weighted by atomic mass is 35.5. The fourth-order valence-corrected chi connectivity index (χ4v) is 3.30. The summed E-state index contributed by atoms with van der Waals surface area (Å²) in [5.74, 6) is 1.75. The molecule has 2 aliphatic heterocycles. The maximum Gasteiger partial charge on any atom is 0.0695 e. The summed E-state index contributed by atoms with van der Waals surface area (Å²) in [5, 5.41) is 0. The lowest BCUT2D eigenvalue weighted by molar-refractivity contribution is -0.0209. The first-order chi connectivity index (χ1) is 5.76. The van der Waals surface area contributed by atoms with Gasteiger partial charge in [0.25, 0.3) is 0 Å². The molecule has 4 rings (SSSR count). The molecule has 0 amide bonds. The Bertz CT molecular complexity index is 198. The molecule has 0 atom stereocenters. The van der Waals surface area contributed by atoms with E-state index in [2.05, 4.69) is 0 Å². The molecule has 0 unspecified atom stereocenters. The number of alkyl halides is 1. The van der Waals surface area contributed by atoms with Crippen molar-refractivity contribution in [2.45, 2.75) is 37.7 Å². The molecule has 2 aliphatic carbocycles. The summed E-state index contributed by atoms with van der Waals surface area (Å²) in [6.45, 7) is 1.03. The molecule has 0 aromatic heterocycles. The standard InChI is InChI=1S/C10H15ClO/c11-7-9(1-2-9)6-10-3-8(4-10)5-12-10/h8H,1-7H2. The van der Waals surface area contributed by atoms with Crippen molar-refractivity contribution < 1.29 is 4.74 Å². The average molecular weight is 187 g/mol. The van der Waals surface area contributed by atoms with E-state index < -0.39 is 0 Å². The third-order valence-corrected chi connectivity index (χ3v) is 4.45. The average Bonchev–Trinajstić information content (AvgIpc) is 2.49. The van der Waals surface area contributed by atoms with Crippen LogP contribution in [0.15, 0.2) is 0 Å². The van der Waals surface area contributed by atoms with Crippen LogP contribution in [0.5, 0.6) is 0 Å². The van der Waals surface area contributed by atoms with Crippen molar-refractivity contribution in [3.63, 3.8) is 0 Å². The van der Waals surface area contributed by atoms with Crippen molar-refractivity contribution in [2.24, 2.45) is 11.3 Å². The molecule has 4 fully saturated rings. The smallest absolute Gasteiger partial charge is 0.0695 e. The van der Waals surface area contributed by atoms with Crippen molar-refractivity contribution in [3.05, 3.63) is 0 Å². The normalized spacial score (nSPS) is 47.2. The van der Waals surface area contributed by atoms with Crippen molar-refractivity contribution in [2.75, 3.05) is 12.5 Å². The molecular weight excluding hydrogens is 172 g/mol. The molecule has 2 saturated carbocycles. The van der Waals surface area contributed by atoms with Crippen LogP contribution >= 0.6 is 11.6 Å². The quantitative estimate of drug-likeness (QED) is 0.616. The van der Waals surface area contributed by atoms with Crippen LogP contribution in [-0.2, 0) is 4.74 Å². The van der Waals surface area contributed by atoms with Gasteiger partial charge < -0.3 is 4.74 Å². The van der Waals surface area contributed by atoms with Crippen LogP contribution in [0.1, 0.15) is 32.1 Å². The maximum absolute atomic E-state index is 5.96. The highest BCUT2D eigenvalue weighted by molar-refractivity contribution is 6.18. The van der Waals surface area contributed by atoms with Crippen molar-refractivity contribution in [1.29, 1.82) is 0 Å². The lowest BCUT2D eigenvalue weighted by Gasteiger charge is -2.38. The van der Waals surface area contributed by atoms with Gasteiger partial charge in [-0.2, -0.15) is 0 Å². The summed E-state index contributed by atoms with van der Waals surface area (Å²) in [4.78, 5) is 0. The van der Waals surface area contributed by atoms with Gasteiger partial charge in [-0.1, -0.05) is 0 Å². The van der Waals surface area contributed by atoms with Crippen molar-refractivity contribution in [1.82, 2.24) is 0 Å². The molecule has 0 N–H and O–H groups in total. The Balaban J connectivity index is 1.68. The molecule has 12 heavy (non-hydrogen) atoms. The first-order valence-electron chi connectivity index (χ1n) is 4.96. The molecule has 0 spiro atoms. The van der Waals surface area contributed by atoms with Gasteiger partial charge in [0.05, 0.1) is 12.2 Å². The number of fused-ring (bicyclic) bond motifs is 1. The number of rotatable bonds is 3. The van der Waals surface area contributed by atoms with Crippen molar-refractivity contribution >= 4 is 11.6 Å². The first kappa shape index (κ1) is 7.64. The summed E-state index contributed by atoms with van der Waals surface area (Å²) < 4.78 is 5.83. The van der Waals surface area contributed by atoms with E-state index in [4.69, 9.17) is 16.3 Å². The third kappa shape index (κ3) is 0.958. The molecule has 1 nitrogen and oxygen atoms in total. The maximum atomic E-state index is 5.96. The minimum Gasteiger partial charge on any atom is -0.375 e. The Kier molecular flexibility index (Phi) is 1.39. The minimum absolute atomic E-state index is 0.302. The Morgan fingerprint density at radius 2 is 2.08 bits per heavy atom. The summed E-state index contributed by atoms with van der Waals surface area (Å²) in [6, 6.07) is 0. The molecule has 2 bridgehead atoms. The first-order valence-corrected chi connectivity index (χ1v) is 5.49. The zero-order chi connectivity index (χ0) is 8.23. The Labute approximate surface area is 78.4 Å². The fraction of sp³-hybridized carbons (Fsp3) is 1.00. The Morgan fingerprint density at radius 3 is 2.50 bits per heavy atom. The molecule has 2 heteroatoms. The van der Waals surface area contributed by atoms with Crippen LogP contribution in [0, 0.1) is 11.3 Å². The lowest BCUT2D eigenvalue weighted by Crippen LogP contribution is -2.39. The summed E-state index contributed by atoms with van der Waals surface area (Å²) in [7, 11) is 0. The molecule has 2 saturated heterocycles. The number of ether oxygens (including phenoxy) is 1. The summed E-state index contributed by atoms with van der Waals surface area (Å²) in [6.07, 6.45) is 6.58. The molecule has 4 aliphatic rings. The molecule has 0 aromatic carbocycles. The number of hydrogen-bond acceptors (Lipinski definition) is 1. The van der Waals surface area contributed by atoms with Crippen LogP contribution in [0.3, 0.4) is 0 Å². The second-order valence-corrected chi connectivity index (χ2v) is 5.35. The van der Waals surface area contributed by atoms with Gasteiger partial charge in [0.15, 0.2) is 0 Å². The van der Waals surface area contributed by atoms with Gasteiger partial charge in [0, 0.05) is 5.88 Å². The predicted octanol–water partition coefficient (Wildman–Crippen LogP) is 2.57. The van der Waals surface area contributed by atoms with E-state index in [0.717, 1.165) is 18.4 Å². The van der Waals surface area contributed by atoms with Gasteiger partial charge in [0.1, 0.15) is 0 Å². The molecule has 0 radical (unpaired) electrons. The second-order valence-electron chi connectivity index (χ2n) is 5.08. The van der Waals surface area contributed by atoms with Crippen LogP contribution < -0.4 is 0 Å². The van der Waals surface area contributed by atoms with Gasteiger partial charge in [-0.15, -0.1) is 11.6 Å². The van der Waals surface area contributed by atoms with Gasteiger partial charge >= 0.3 is 0 Å². The zero-order valence-corrected chi connectivity index (χ0v) is 8.07. The highest BCUT2D eigenvalue weighted by Crippen LogP contribution is 2.60. The van der Waals surface area contributed by atoms with Gasteiger partial charge in [0.2, 0.25) is 0 Å². The predicted molar refractivity (Wildman–Crippen MR) is 48.4 cm³/mol. The van der Waals surface area contributed by atoms with Crippen LogP contribution in [-0.4, -0.2) is 18.1 Å². The van der Waals surface area contributed by atoms with E-state index in [9.17, 15) is 0 Å².